The lowest BCUT2D eigenvalue weighted by Crippen LogP contribution is -1.94. The van der Waals surface area contributed by atoms with Crippen LogP contribution in [0.2, 0.25) is 0 Å². The minimum atomic E-state index is -0.868. The van der Waals surface area contributed by atoms with Gasteiger partial charge in [-0.25, -0.2) is 4.79 Å². The number of hydrogen-bond acceptors (Lipinski definition) is 1. The highest BCUT2D eigenvalue weighted by atomic mass is 127. The van der Waals surface area contributed by atoms with E-state index in [2.05, 4.69) is 0 Å². The monoisotopic (exact) mass is 251 g/mol. The number of halogens is 1. The molecule has 0 aromatic carbocycles. The molecule has 10 heavy (non-hydrogen) atoms. The van der Waals surface area contributed by atoms with Gasteiger partial charge in [0, 0.05) is 12.4 Å². The SMILES string of the molecule is Cc1cn(I)cc1C(=O)O. The van der Waals surface area contributed by atoms with E-state index in [1.165, 1.54) is 0 Å². The van der Waals surface area contributed by atoms with E-state index in [0.717, 1.165) is 5.56 Å². The van der Waals surface area contributed by atoms with Crippen LogP contribution in [0.3, 0.4) is 0 Å². The molecule has 0 aliphatic rings. The first-order chi connectivity index (χ1) is 4.61. The van der Waals surface area contributed by atoms with Crippen molar-refractivity contribution >= 4 is 28.8 Å². The fraction of sp³-hybridized carbons (Fsp3) is 0.167. The van der Waals surface area contributed by atoms with Crippen molar-refractivity contribution < 1.29 is 9.90 Å². The van der Waals surface area contributed by atoms with Crippen molar-refractivity contribution in [3.63, 3.8) is 0 Å². The van der Waals surface area contributed by atoms with Gasteiger partial charge in [0.25, 0.3) is 0 Å². The minimum Gasteiger partial charge on any atom is -0.478 e. The molecule has 0 fully saturated rings. The second-order valence-electron chi connectivity index (χ2n) is 2.00. The maximum absolute atomic E-state index is 10.4. The summed E-state index contributed by atoms with van der Waals surface area (Å²) in [6, 6.07) is 0. The van der Waals surface area contributed by atoms with E-state index in [-0.39, 0.29) is 0 Å². The Bertz CT molecular complexity index is 267. The van der Waals surface area contributed by atoms with E-state index in [9.17, 15) is 4.79 Å². The number of aromatic nitrogens is 1. The van der Waals surface area contributed by atoms with Gasteiger partial charge in [0.1, 0.15) is 0 Å². The molecule has 0 radical (unpaired) electrons. The quantitative estimate of drug-likeness (QED) is 0.771. The largest absolute Gasteiger partial charge is 0.478 e. The van der Waals surface area contributed by atoms with Gasteiger partial charge in [-0.05, 0) is 12.5 Å². The van der Waals surface area contributed by atoms with Gasteiger partial charge in [-0.15, -0.1) is 0 Å². The molecule has 54 valence electrons. The van der Waals surface area contributed by atoms with Gasteiger partial charge in [0.05, 0.1) is 28.4 Å². The number of carboxylic acid groups (broad SMARTS) is 1. The predicted molar refractivity (Wildman–Crippen MR) is 45.5 cm³/mol. The Morgan fingerprint density at radius 1 is 1.70 bits per heavy atom. The Morgan fingerprint density at radius 3 is 2.50 bits per heavy atom. The van der Waals surface area contributed by atoms with Crippen molar-refractivity contribution in [1.29, 1.82) is 0 Å². The van der Waals surface area contributed by atoms with Gasteiger partial charge in [-0.1, -0.05) is 0 Å². The Morgan fingerprint density at radius 2 is 2.30 bits per heavy atom. The molecule has 0 atom stereocenters. The molecule has 0 unspecified atom stereocenters. The van der Waals surface area contributed by atoms with Crippen LogP contribution in [0.25, 0.3) is 0 Å². The lowest BCUT2D eigenvalue weighted by molar-refractivity contribution is 0.0696. The maximum atomic E-state index is 10.4. The van der Waals surface area contributed by atoms with Crippen LogP contribution in [0, 0.1) is 6.92 Å². The molecule has 4 heteroatoms. The zero-order valence-corrected chi connectivity index (χ0v) is 7.49. The fourth-order valence-electron chi connectivity index (χ4n) is 0.741. The smallest absolute Gasteiger partial charge is 0.337 e. The third-order valence-electron chi connectivity index (χ3n) is 1.22. The molecule has 1 rings (SSSR count). The van der Waals surface area contributed by atoms with Crippen molar-refractivity contribution in [3.8, 4) is 0 Å². The highest BCUT2D eigenvalue weighted by Gasteiger charge is 2.07. The average Bonchev–Trinajstić information content (AvgIpc) is 2.10. The van der Waals surface area contributed by atoms with Gasteiger partial charge in [0.15, 0.2) is 0 Å². The normalized spacial score (nSPS) is 9.80. The van der Waals surface area contributed by atoms with Crippen molar-refractivity contribution in [2.75, 3.05) is 0 Å². The van der Waals surface area contributed by atoms with Crippen LogP contribution in [0.5, 0.6) is 0 Å². The van der Waals surface area contributed by atoms with E-state index < -0.39 is 5.97 Å². The number of rotatable bonds is 1. The first-order valence-corrected chi connectivity index (χ1v) is 3.66. The Hall–Kier alpha value is -0.520. The molecular weight excluding hydrogens is 245 g/mol. The van der Waals surface area contributed by atoms with E-state index in [1.54, 1.807) is 22.1 Å². The summed E-state index contributed by atoms with van der Waals surface area (Å²) >= 11 is 2.01. The number of aryl methyl sites for hydroxylation is 1. The molecular formula is C6H6INO2. The summed E-state index contributed by atoms with van der Waals surface area (Å²) in [4.78, 5) is 10.4. The van der Waals surface area contributed by atoms with E-state index >= 15 is 0 Å². The minimum absolute atomic E-state index is 0.370. The van der Waals surface area contributed by atoms with Crippen LogP contribution >= 0.6 is 22.9 Å². The lowest BCUT2D eigenvalue weighted by atomic mass is 10.2. The van der Waals surface area contributed by atoms with E-state index in [1.807, 2.05) is 22.9 Å². The van der Waals surface area contributed by atoms with Crippen molar-refractivity contribution in [2.45, 2.75) is 6.92 Å². The van der Waals surface area contributed by atoms with Crippen LogP contribution in [-0.4, -0.2) is 13.9 Å². The summed E-state index contributed by atoms with van der Waals surface area (Å²) in [5.74, 6) is -0.868. The van der Waals surface area contributed by atoms with Crippen molar-refractivity contribution in [2.24, 2.45) is 0 Å². The van der Waals surface area contributed by atoms with Gasteiger partial charge in [-0.3, -0.25) is 2.78 Å². The molecule has 0 bridgehead atoms. The zero-order valence-electron chi connectivity index (χ0n) is 5.34. The van der Waals surface area contributed by atoms with Crippen molar-refractivity contribution in [1.82, 2.24) is 2.78 Å². The molecule has 0 spiro atoms. The molecule has 0 amide bonds. The Kier molecular flexibility index (Phi) is 1.98. The van der Waals surface area contributed by atoms with Crippen LogP contribution in [-0.2, 0) is 0 Å². The molecule has 1 heterocycles. The highest BCUT2D eigenvalue weighted by Crippen LogP contribution is 2.10. The fourth-order valence-corrected chi connectivity index (χ4v) is 1.44. The second kappa shape index (κ2) is 2.61. The molecule has 0 aliphatic carbocycles. The van der Waals surface area contributed by atoms with Gasteiger partial charge >= 0.3 is 5.97 Å². The third-order valence-corrected chi connectivity index (χ3v) is 1.78. The van der Waals surface area contributed by atoms with Crippen molar-refractivity contribution in [3.05, 3.63) is 23.5 Å². The van der Waals surface area contributed by atoms with Crippen LogP contribution in [0.4, 0.5) is 0 Å². The van der Waals surface area contributed by atoms with Crippen LogP contribution in [0.1, 0.15) is 15.9 Å². The van der Waals surface area contributed by atoms with E-state index in [0.29, 0.717) is 5.56 Å². The summed E-state index contributed by atoms with van der Waals surface area (Å²) in [6.45, 7) is 1.78. The molecule has 0 aliphatic heterocycles. The summed E-state index contributed by atoms with van der Waals surface area (Å²) in [6.07, 6.45) is 3.35. The molecule has 1 aromatic heterocycles. The zero-order chi connectivity index (χ0) is 7.72. The van der Waals surface area contributed by atoms with Gasteiger partial charge in [0.2, 0.25) is 0 Å². The Labute approximate surface area is 72.2 Å². The van der Waals surface area contributed by atoms with Crippen LogP contribution in [0.15, 0.2) is 12.4 Å². The van der Waals surface area contributed by atoms with Gasteiger partial charge in [-0.2, -0.15) is 0 Å². The lowest BCUT2D eigenvalue weighted by Gasteiger charge is -1.86. The topological polar surface area (TPSA) is 42.2 Å². The summed E-state index contributed by atoms with van der Waals surface area (Å²) < 4.78 is 1.70. The first kappa shape index (κ1) is 7.59. The van der Waals surface area contributed by atoms with Crippen LogP contribution < -0.4 is 0 Å². The first-order valence-electron chi connectivity index (χ1n) is 2.69. The van der Waals surface area contributed by atoms with E-state index in [4.69, 9.17) is 5.11 Å². The highest BCUT2D eigenvalue weighted by molar-refractivity contribution is 14.1. The summed E-state index contributed by atoms with van der Waals surface area (Å²) in [7, 11) is 0. The number of aromatic carboxylic acids is 1. The number of carboxylic acids is 1. The number of carbonyl (C=O) groups is 1. The molecule has 0 saturated carbocycles. The third kappa shape index (κ3) is 1.31. The maximum Gasteiger partial charge on any atom is 0.337 e. The summed E-state index contributed by atoms with van der Waals surface area (Å²) in [5.41, 5.74) is 1.16. The number of hydrogen-bond donors (Lipinski definition) is 1. The predicted octanol–water partition coefficient (Wildman–Crippen LogP) is 1.69. The van der Waals surface area contributed by atoms with Gasteiger partial charge < -0.3 is 5.11 Å². The number of nitrogens with zero attached hydrogens (tertiary/aromatic N) is 1. The molecule has 3 nitrogen and oxygen atoms in total. The standard InChI is InChI=1S/C6H6INO2/c1-4-2-8(7)3-5(4)6(9)10/h2-3H,1H3,(H,9,10). The summed E-state index contributed by atoms with van der Waals surface area (Å²) in [5, 5.41) is 8.56. The molecule has 1 N–H and O–H groups in total. The Balaban J connectivity index is 3.15. The molecule has 1 aromatic rings. The molecule has 0 saturated heterocycles. The second-order valence-corrected chi connectivity index (χ2v) is 3.12. The average molecular weight is 251 g/mol.